The standard InChI is InChI=1S/C12H24N2O2.2C2H6/c1-13-3-5-14(6-4-13)7-8-16-12-9-11(10-12)15-2;2*1-2/h11-12H,3-10H2,1-2H3;2*1-2H3. The molecule has 4 nitrogen and oxygen atoms in total. The Hall–Kier alpha value is -0.160. The molecule has 0 unspecified atom stereocenters. The molecule has 0 atom stereocenters. The van der Waals surface area contributed by atoms with Crippen molar-refractivity contribution >= 4 is 0 Å². The van der Waals surface area contributed by atoms with Gasteiger partial charge in [-0.3, -0.25) is 4.90 Å². The van der Waals surface area contributed by atoms with E-state index in [-0.39, 0.29) is 0 Å². The molecule has 20 heavy (non-hydrogen) atoms. The van der Waals surface area contributed by atoms with Crippen molar-refractivity contribution in [3.8, 4) is 0 Å². The van der Waals surface area contributed by atoms with E-state index in [2.05, 4.69) is 16.8 Å². The number of piperazine rings is 1. The van der Waals surface area contributed by atoms with Crippen LogP contribution in [0.3, 0.4) is 0 Å². The van der Waals surface area contributed by atoms with Crippen LogP contribution in [0.15, 0.2) is 0 Å². The average molecular weight is 288 g/mol. The molecule has 2 fully saturated rings. The van der Waals surface area contributed by atoms with E-state index in [1.165, 1.54) is 26.2 Å². The van der Waals surface area contributed by atoms with Gasteiger partial charge in [-0.2, -0.15) is 0 Å². The van der Waals surface area contributed by atoms with Crippen LogP contribution in [0.2, 0.25) is 0 Å². The van der Waals surface area contributed by atoms with Crippen LogP contribution < -0.4 is 0 Å². The molecular formula is C16H36N2O2. The molecule has 0 N–H and O–H groups in total. The summed E-state index contributed by atoms with van der Waals surface area (Å²) < 4.78 is 11.0. The van der Waals surface area contributed by atoms with Crippen molar-refractivity contribution in [3.63, 3.8) is 0 Å². The summed E-state index contributed by atoms with van der Waals surface area (Å²) >= 11 is 0. The molecule has 1 saturated carbocycles. The summed E-state index contributed by atoms with van der Waals surface area (Å²) in [6.45, 7) is 14.7. The van der Waals surface area contributed by atoms with Gasteiger partial charge in [0.05, 0.1) is 18.8 Å². The zero-order chi connectivity index (χ0) is 15.4. The van der Waals surface area contributed by atoms with Gasteiger partial charge in [0, 0.05) is 39.8 Å². The predicted octanol–water partition coefficient (Wildman–Crippen LogP) is 2.48. The Morgan fingerprint density at radius 3 is 1.95 bits per heavy atom. The van der Waals surface area contributed by atoms with Gasteiger partial charge in [-0.15, -0.1) is 0 Å². The minimum Gasteiger partial charge on any atom is -0.381 e. The lowest BCUT2D eigenvalue weighted by Crippen LogP contribution is -2.46. The topological polar surface area (TPSA) is 24.9 Å². The second-order valence-electron chi connectivity index (χ2n) is 4.97. The van der Waals surface area contributed by atoms with E-state index in [9.17, 15) is 0 Å². The van der Waals surface area contributed by atoms with Gasteiger partial charge in [0.15, 0.2) is 0 Å². The molecule has 1 saturated heterocycles. The molecule has 1 heterocycles. The van der Waals surface area contributed by atoms with Crippen molar-refractivity contribution < 1.29 is 9.47 Å². The first-order chi connectivity index (χ1) is 9.78. The molecule has 0 spiro atoms. The number of rotatable bonds is 5. The molecule has 0 aromatic rings. The van der Waals surface area contributed by atoms with E-state index in [1.807, 2.05) is 27.7 Å². The van der Waals surface area contributed by atoms with Crippen LogP contribution in [0.5, 0.6) is 0 Å². The second kappa shape index (κ2) is 12.6. The minimum absolute atomic E-state index is 0.452. The molecule has 0 amide bonds. The van der Waals surface area contributed by atoms with Crippen molar-refractivity contribution in [1.82, 2.24) is 9.80 Å². The molecule has 2 aliphatic rings. The van der Waals surface area contributed by atoms with Crippen LogP contribution in [0.4, 0.5) is 0 Å². The average Bonchev–Trinajstić information content (AvgIpc) is 2.47. The Morgan fingerprint density at radius 2 is 1.45 bits per heavy atom. The quantitative estimate of drug-likeness (QED) is 0.776. The van der Waals surface area contributed by atoms with Crippen molar-refractivity contribution in [2.24, 2.45) is 0 Å². The third kappa shape index (κ3) is 7.58. The van der Waals surface area contributed by atoms with Crippen molar-refractivity contribution in [2.75, 3.05) is 53.5 Å². The maximum absolute atomic E-state index is 5.80. The summed E-state index contributed by atoms with van der Waals surface area (Å²) in [5.74, 6) is 0. The lowest BCUT2D eigenvalue weighted by atomic mass is 9.92. The molecule has 1 aliphatic heterocycles. The third-order valence-corrected chi connectivity index (χ3v) is 3.74. The van der Waals surface area contributed by atoms with Crippen LogP contribution in [0, 0.1) is 0 Å². The molecule has 0 aromatic carbocycles. The van der Waals surface area contributed by atoms with Crippen LogP contribution in [0.25, 0.3) is 0 Å². The maximum Gasteiger partial charge on any atom is 0.0625 e. The van der Waals surface area contributed by atoms with E-state index >= 15 is 0 Å². The van der Waals surface area contributed by atoms with Gasteiger partial charge >= 0.3 is 0 Å². The van der Waals surface area contributed by atoms with Crippen LogP contribution in [0.1, 0.15) is 40.5 Å². The fourth-order valence-electron chi connectivity index (χ4n) is 2.27. The van der Waals surface area contributed by atoms with Gasteiger partial charge in [0.1, 0.15) is 0 Å². The van der Waals surface area contributed by atoms with E-state index in [1.54, 1.807) is 7.11 Å². The fraction of sp³-hybridized carbons (Fsp3) is 1.00. The molecule has 0 radical (unpaired) electrons. The van der Waals surface area contributed by atoms with Crippen LogP contribution in [-0.4, -0.2) is 75.5 Å². The van der Waals surface area contributed by atoms with Gasteiger partial charge in [-0.1, -0.05) is 27.7 Å². The molecular weight excluding hydrogens is 252 g/mol. The Labute approximate surface area is 126 Å². The lowest BCUT2D eigenvalue weighted by Gasteiger charge is -2.35. The molecule has 0 aromatic heterocycles. The highest BCUT2D eigenvalue weighted by molar-refractivity contribution is 4.80. The summed E-state index contributed by atoms with van der Waals surface area (Å²) in [7, 11) is 3.97. The summed E-state index contributed by atoms with van der Waals surface area (Å²) in [4.78, 5) is 4.87. The highest BCUT2D eigenvalue weighted by Crippen LogP contribution is 2.25. The monoisotopic (exact) mass is 288 g/mol. The van der Waals surface area contributed by atoms with Gasteiger partial charge in [0.25, 0.3) is 0 Å². The summed E-state index contributed by atoms with van der Waals surface area (Å²) in [6.07, 6.45) is 3.07. The van der Waals surface area contributed by atoms with Crippen LogP contribution in [-0.2, 0) is 9.47 Å². The van der Waals surface area contributed by atoms with Crippen LogP contribution >= 0.6 is 0 Å². The number of ether oxygens (including phenoxy) is 2. The van der Waals surface area contributed by atoms with Crippen molar-refractivity contribution in [1.29, 1.82) is 0 Å². The van der Waals surface area contributed by atoms with E-state index in [0.29, 0.717) is 12.2 Å². The first kappa shape index (κ1) is 19.8. The van der Waals surface area contributed by atoms with Crippen molar-refractivity contribution in [3.05, 3.63) is 0 Å². The zero-order valence-electron chi connectivity index (χ0n) is 14.5. The largest absolute Gasteiger partial charge is 0.381 e. The number of likely N-dealkylation sites (N-methyl/N-ethyl adjacent to an activating group) is 1. The maximum atomic E-state index is 5.80. The molecule has 0 bridgehead atoms. The first-order valence-corrected chi connectivity index (χ1v) is 8.33. The smallest absolute Gasteiger partial charge is 0.0625 e. The van der Waals surface area contributed by atoms with Crippen molar-refractivity contribution in [2.45, 2.75) is 52.7 Å². The van der Waals surface area contributed by atoms with Gasteiger partial charge in [0.2, 0.25) is 0 Å². The van der Waals surface area contributed by atoms with E-state index in [4.69, 9.17) is 9.47 Å². The molecule has 4 heteroatoms. The fourth-order valence-corrected chi connectivity index (χ4v) is 2.27. The number of nitrogens with zero attached hydrogens (tertiary/aromatic N) is 2. The second-order valence-corrected chi connectivity index (χ2v) is 4.97. The molecule has 122 valence electrons. The first-order valence-electron chi connectivity index (χ1n) is 8.33. The van der Waals surface area contributed by atoms with E-state index < -0.39 is 0 Å². The third-order valence-electron chi connectivity index (χ3n) is 3.74. The van der Waals surface area contributed by atoms with E-state index in [0.717, 1.165) is 26.0 Å². The van der Waals surface area contributed by atoms with Gasteiger partial charge in [-0.25, -0.2) is 0 Å². The summed E-state index contributed by atoms with van der Waals surface area (Å²) in [6, 6.07) is 0. The normalized spacial score (nSPS) is 26.7. The Kier molecular flexibility index (Phi) is 12.5. The highest BCUT2D eigenvalue weighted by Gasteiger charge is 2.29. The number of hydrogen-bond donors (Lipinski definition) is 0. The molecule has 1 aliphatic carbocycles. The lowest BCUT2D eigenvalue weighted by molar-refractivity contribution is -0.0904. The van der Waals surface area contributed by atoms with Gasteiger partial charge < -0.3 is 14.4 Å². The number of hydrogen-bond acceptors (Lipinski definition) is 4. The predicted molar refractivity (Wildman–Crippen MR) is 86.4 cm³/mol. The summed E-state index contributed by atoms with van der Waals surface area (Å²) in [5.41, 5.74) is 0. The highest BCUT2D eigenvalue weighted by atomic mass is 16.5. The Balaban J connectivity index is 0.000000829. The van der Waals surface area contributed by atoms with Gasteiger partial charge in [-0.05, 0) is 19.9 Å². The zero-order valence-corrected chi connectivity index (χ0v) is 14.5. The molecule has 2 rings (SSSR count). The Morgan fingerprint density at radius 1 is 0.900 bits per heavy atom. The number of methoxy groups -OCH3 is 1. The summed E-state index contributed by atoms with van der Waals surface area (Å²) in [5, 5.41) is 0. The Bertz CT molecular complexity index is 201. The SMILES string of the molecule is CC.CC.COC1CC(OCCN2CCN(C)CC2)C1. The minimum atomic E-state index is 0.452.